The van der Waals surface area contributed by atoms with Gasteiger partial charge in [-0.25, -0.2) is 13.1 Å². The highest BCUT2D eigenvalue weighted by molar-refractivity contribution is 7.89. The number of methoxy groups -OCH3 is 2. The van der Waals surface area contributed by atoms with Crippen LogP contribution >= 0.6 is 11.5 Å². The van der Waals surface area contributed by atoms with Crippen molar-refractivity contribution >= 4 is 37.5 Å². The second kappa shape index (κ2) is 9.69. The van der Waals surface area contributed by atoms with E-state index in [0.29, 0.717) is 29.9 Å². The van der Waals surface area contributed by atoms with E-state index < -0.39 is 10.0 Å². The molecule has 2 heterocycles. The number of anilines is 1. The van der Waals surface area contributed by atoms with Gasteiger partial charge < -0.3 is 14.4 Å². The molecule has 5 rings (SSSR count). The number of piperazine rings is 1. The van der Waals surface area contributed by atoms with Crippen LogP contribution in [0.5, 0.6) is 11.5 Å². The Bertz CT molecular complexity index is 1250. The monoisotopic (exact) mass is 502 g/mol. The second-order valence-electron chi connectivity index (χ2n) is 8.91. The zero-order chi connectivity index (χ0) is 23.7. The van der Waals surface area contributed by atoms with Crippen LogP contribution in [0.15, 0.2) is 47.4 Å². The molecule has 2 aliphatic rings. The second-order valence-corrected chi connectivity index (χ2v) is 11.5. The van der Waals surface area contributed by atoms with E-state index in [1.807, 2.05) is 0 Å². The zero-order valence-electron chi connectivity index (χ0n) is 19.4. The highest BCUT2D eigenvalue weighted by Crippen LogP contribution is 2.39. The minimum Gasteiger partial charge on any atom is -0.497 e. The topological polar surface area (TPSA) is 84.0 Å². The molecule has 1 aromatic heterocycles. The van der Waals surface area contributed by atoms with Gasteiger partial charge in [-0.3, -0.25) is 4.90 Å². The molecular weight excluding hydrogens is 472 g/mol. The standard InChI is InChI=1S/C24H30N4O4S2/c1-31-19-7-8-21(32-2)23(14-19)34(29,30)25-15-17-13-18(17)16-27-9-11-28(12-10-27)24-20-5-3-4-6-22(20)33-26-24/h3-8,14,17-18,25H,9-13,15-16H2,1-2H3. The fraction of sp³-hybridized carbons (Fsp3) is 0.458. The average molecular weight is 503 g/mol. The summed E-state index contributed by atoms with van der Waals surface area (Å²) in [5, 5.41) is 1.24. The van der Waals surface area contributed by atoms with Gasteiger partial charge in [0.1, 0.15) is 22.2 Å². The molecule has 2 fully saturated rings. The summed E-state index contributed by atoms with van der Waals surface area (Å²) in [6, 6.07) is 13.2. The van der Waals surface area contributed by atoms with E-state index in [9.17, 15) is 8.42 Å². The molecule has 2 unspecified atom stereocenters. The number of ether oxygens (including phenoxy) is 2. The van der Waals surface area contributed by atoms with Crippen LogP contribution in [0, 0.1) is 11.8 Å². The van der Waals surface area contributed by atoms with Crippen molar-refractivity contribution < 1.29 is 17.9 Å². The number of rotatable bonds is 9. The SMILES string of the molecule is COc1ccc(OC)c(S(=O)(=O)NCC2CC2CN2CCN(c3nsc4ccccc34)CC2)c1. The molecule has 8 nitrogen and oxygen atoms in total. The Morgan fingerprint density at radius 2 is 1.85 bits per heavy atom. The van der Waals surface area contributed by atoms with Crippen molar-refractivity contribution in [2.45, 2.75) is 11.3 Å². The summed E-state index contributed by atoms with van der Waals surface area (Å²) in [6.45, 7) is 5.39. The first-order chi connectivity index (χ1) is 16.5. The Morgan fingerprint density at radius 1 is 1.06 bits per heavy atom. The Labute approximate surface area is 204 Å². The molecule has 10 heteroatoms. The highest BCUT2D eigenvalue weighted by atomic mass is 32.2. The van der Waals surface area contributed by atoms with Gasteiger partial charge in [-0.05, 0) is 54.1 Å². The normalized spacial score (nSPS) is 21.1. The lowest BCUT2D eigenvalue weighted by Crippen LogP contribution is -2.47. The van der Waals surface area contributed by atoms with Crippen molar-refractivity contribution in [3.05, 3.63) is 42.5 Å². The molecule has 1 N–H and O–H groups in total. The number of fused-ring (bicyclic) bond motifs is 1. The molecule has 0 spiro atoms. The molecule has 1 saturated heterocycles. The molecule has 0 amide bonds. The van der Waals surface area contributed by atoms with Gasteiger partial charge in [0.25, 0.3) is 0 Å². The summed E-state index contributed by atoms with van der Waals surface area (Å²) >= 11 is 1.56. The van der Waals surface area contributed by atoms with Gasteiger partial charge in [0, 0.05) is 50.7 Å². The molecular formula is C24H30N4O4S2. The van der Waals surface area contributed by atoms with Gasteiger partial charge in [0.05, 0.1) is 18.9 Å². The summed E-state index contributed by atoms with van der Waals surface area (Å²) in [6.07, 6.45) is 1.05. The van der Waals surface area contributed by atoms with E-state index in [2.05, 4.69) is 38.8 Å². The lowest BCUT2D eigenvalue weighted by Gasteiger charge is -2.35. The first kappa shape index (κ1) is 23.3. The van der Waals surface area contributed by atoms with Crippen LogP contribution in [0.4, 0.5) is 5.82 Å². The first-order valence-electron chi connectivity index (χ1n) is 11.5. The summed E-state index contributed by atoms with van der Waals surface area (Å²) in [7, 11) is -0.699. The van der Waals surface area contributed by atoms with Crippen LogP contribution in [0.3, 0.4) is 0 Å². The maximum Gasteiger partial charge on any atom is 0.244 e. The minimum absolute atomic E-state index is 0.109. The molecule has 1 saturated carbocycles. The van der Waals surface area contributed by atoms with Crippen LogP contribution in [0.1, 0.15) is 6.42 Å². The van der Waals surface area contributed by atoms with E-state index in [-0.39, 0.29) is 4.90 Å². The summed E-state index contributed by atoms with van der Waals surface area (Å²) in [5.74, 6) is 2.79. The van der Waals surface area contributed by atoms with Gasteiger partial charge in [0.2, 0.25) is 10.0 Å². The van der Waals surface area contributed by atoms with Crippen LogP contribution in [-0.4, -0.2) is 71.2 Å². The van der Waals surface area contributed by atoms with Gasteiger partial charge >= 0.3 is 0 Å². The minimum atomic E-state index is -3.68. The van der Waals surface area contributed by atoms with Gasteiger partial charge in [-0.1, -0.05) is 12.1 Å². The molecule has 1 aliphatic heterocycles. The summed E-state index contributed by atoms with van der Waals surface area (Å²) < 4.78 is 44.9. The van der Waals surface area contributed by atoms with Gasteiger partial charge in [-0.2, -0.15) is 4.37 Å². The molecule has 2 aromatic carbocycles. The Balaban J connectivity index is 1.11. The predicted octanol–water partition coefficient (Wildman–Crippen LogP) is 3.05. The maximum absolute atomic E-state index is 12.9. The number of sulfonamides is 1. The number of aromatic nitrogens is 1. The number of benzene rings is 2. The van der Waals surface area contributed by atoms with E-state index in [0.717, 1.165) is 45.0 Å². The molecule has 34 heavy (non-hydrogen) atoms. The number of hydrogen-bond acceptors (Lipinski definition) is 8. The number of hydrogen-bond donors (Lipinski definition) is 1. The van der Waals surface area contributed by atoms with Crippen molar-refractivity contribution in [3.8, 4) is 11.5 Å². The van der Waals surface area contributed by atoms with Crippen molar-refractivity contribution in [3.63, 3.8) is 0 Å². The maximum atomic E-state index is 12.9. The Morgan fingerprint density at radius 3 is 2.62 bits per heavy atom. The van der Waals surface area contributed by atoms with Crippen LogP contribution < -0.4 is 19.1 Å². The Kier molecular flexibility index (Phi) is 6.65. The lowest BCUT2D eigenvalue weighted by atomic mass is 10.2. The molecule has 1 aliphatic carbocycles. The third kappa shape index (κ3) is 4.86. The summed E-state index contributed by atoms with van der Waals surface area (Å²) in [5.41, 5.74) is 0. The van der Waals surface area contributed by atoms with E-state index in [1.165, 1.54) is 30.4 Å². The van der Waals surface area contributed by atoms with Crippen molar-refractivity contribution in [2.24, 2.45) is 11.8 Å². The van der Waals surface area contributed by atoms with Crippen molar-refractivity contribution in [2.75, 3.05) is 58.4 Å². The molecule has 2 atom stereocenters. The van der Waals surface area contributed by atoms with Crippen molar-refractivity contribution in [1.82, 2.24) is 14.0 Å². The highest BCUT2D eigenvalue weighted by Gasteiger charge is 2.39. The van der Waals surface area contributed by atoms with Crippen LogP contribution in [0.2, 0.25) is 0 Å². The molecule has 0 bridgehead atoms. The number of nitrogens with one attached hydrogen (secondary N) is 1. The van der Waals surface area contributed by atoms with Gasteiger partial charge in [-0.15, -0.1) is 0 Å². The smallest absolute Gasteiger partial charge is 0.244 e. The third-order valence-electron chi connectivity index (χ3n) is 6.79. The van der Waals surface area contributed by atoms with Gasteiger partial charge in [0.15, 0.2) is 0 Å². The molecule has 3 aromatic rings. The number of nitrogens with zero attached hydrogens (tertiary/aromatic N) is 3. The largest absolute Gasteiger partial charge is 0.497 e. The third-order valence-corrected chi connectivity index (χ3v) is 9.05. The molecule has 0 radical (unpaired) electrons. The predicted molar refractivity (Wildman–Crippen MR) is 135 cm³/mol. The van der Waals surface area contributed by atoms with Crippen LogP contribution in [0.25, 0.3) is 10.1 Å². The fourth-order valence-electron chi connectivity index (χ4n) is 4.65. The lowest BCUT2D eigenvalue weighted by molar-refractivity contribution is 0.243. The van der Waals surface area contributed by atoms with Crippen LogP contribution in [-0.2, 0) is 10.0 Å². The van der Waals surface area contributed by atoms with E-state index in [1.54, 1.807) is 23.7 Å². The zero-order valence-corrected chi connectivity index (χ0v) is 21.1. The summed E-state index contributed by atoms with van der Waals surface area (Å²) in [4.78, 5) is 4.99. The fourth-order valence-corrected chi connectivity index (χ4v) is 6.72. The van der Waals surface area contributed by atoms with E-state index >= 15 is 0 Å². The quantitative estimate of drug-likeness (QED) is 0.481. The van der Waals surface area contributed by atoms with Crippen molar-refractivity contribution in [1.29, 1.82) is 0 Å². The van der Waals surface area contributed by atoms with E-state index in [4.69, 9.17) is 13.8 Å². The average Bonchev–Trinajstić information content (AvgIpc) is 3.47. The molecule has 182 valence electrons. The Hall–Kier alpha value is -2.40. The first-order valence-corrected chi connectivity index (χ1v) is 13.8.